The molecule has 0 aromatic heterocycles. The molecule has 1 N–H and O–H groups in total. The lowest BCUT2D eigenvalue weighted by Gasteiger charge is -2.18. The Morgan fingerprint density at radius 1 is 1.07 bits per heavy atom. The Labute approximate surface area is 163 Å². The normalized spacial score (nSPS) is 11.6. The van der Waals surface area contributed by atoms with Crippen LogP contribution >= 0.6 is 11.6 Å². The summed E-state index contributed by atoms with van der Waals surface area (Å²) in [4.78, 5) is 36.0. The van der Waals surface area contributed by atoms with Crippen LogP contribution in [-0.2, 0) is 14.3 Å². The van der Waals surface area contributed by atoms with Gasteiger partial charge in [0.1, 0.15) is 0 Å². The molecule has 0 bridgehead atoms. The van der Waals surface area contributed by atoms with Crippen LogP contribution in [0.4, 0.5) is 0 Å². The molecule has 142 valence electrons. The van der Waals surface area contributed by atoms with Crippen LogP contribution in [0.3, 0.4) is 0 Å². The Hall–Kier alpha value is -2.66. The lowest BCUT2D eigenvalue weighted by molar-refractivity contribution is -0.143. The Balaban J connectivity index is 2.00. The average Bonchev–Trinajstić information content (AvgIpc) is 2.61. The maximum atomic E-state index is 12.3. The van der Waals surface area contributed by atoms with E-state index in [-0.39, 0.29) is 24.7 Å². The summed E-state index contributed by atoms with van der Waals surface area (Å²) in [6.07, 6.45) is -0.0821. The second kappa shape index (κ2) is 9.33. The van der Waals surface area contributed by atoms with Gasteiger partial charge in [-0.1, -0.05) is 41.4 Å². The molecule has 27 heavy (non-hydrogen) atoms. The molecule has 0 aliphatic heterocycles. The number of hydrogen-bond donors (Lipinski definition) is 1. The summed E-state index contributed by atoms with van der Waals surface area (Å²) in [5, 5.41) is 3.27. The molecule has 0 radical (unpaired) electrons. The molecule has 0 heterocycles. The molecule has 0 fully saturated rings. The fourth-order valence-corrected chi connectivity index (χ4v) is 2.80. The smallest absolute Gasteiger partial charge is 0.308 e. The molecule has 1 unspecified atom stereocenters. The number of aryl methyl sites for hydroxylation is 2. The predicted molar refractivity (Wildman–Crippen MR) is 104 cm³/mol. The number of nitrogens with one attached hydrogen (secondary N) is 1. The van der Waals surface area contributed by atoms with Gasteiger partial charge >= 0.3 is 5.97 Å². The van der Waals surface area contributed by atoms with Crippen LogP contribution in [0.25, 0.3) is 0 Å². The number of carbonyl (C=O) groups excluding carboxylic acids is 3. The monoisotopic (exact) mass is 387 g/mol. The van der Waals surface area contributed by atoms with Gasteiger partial charge in [-0.3, -0.25) is 14.4 Å². The van der Waals surface area contributed by atoms with Crippen LogP contribution in [0.2, 0.25) is 5.02 Å². The zero-order valence-corrected chi connectivity index (χ0v) is 16.3. The van der Waals surface area contributed by atoms with Gasteiger partial charge in [0.05, 0.1) is 12.5 Å². The number of rotatable bonds is 7. The fourth-order valence-electron chi connectivity index (χ4n) is 2.68. The van der Waals surface area contributed by atoms with E-state index in [1.165, 1.54) is 6.92 Å². The minimum atomic E-state index is -0.567. The largest absolute Gasteiger partial charge is 0.457 e. The average molecular weight is 388 g/mol. The van der Waals surface area contributed by atoms with Crippen molar-refractivity contribution in [1.29, 1.82) is 0 Å². The van der Waals surface area contributed by atoms with Crippen molar-refractivity contribution < 1.29 is 19.1 Å². The van der Waals surface area contributed by atoms with E-state index in [0.29, 0.717) is 10.6 Å². The van der Waals surface area contributed by atoms with Crippen molar-refractivity contribution in [2.45, 2.75) is 33.2 Å². The SMILES string of the molecule is CC(=O)NC(CC(=O)OCC(=O)c1cc(C)ccc1C)c1ccc(Cl)cc1. The van der Waals surface area contributed by atoms with Crippen molar-refractivity contribution in [3.63, 3.8) is 0 Å². The van der Waals surface area contributed by atoms with Gasteiger partial charge in [0, 0.05) is 17.5 Å². The molecule has 0 spiro atoms. The number of esters is 1. The van der Waals surface area contributed by atoms with E-state index < -0.39 is 12.0 Å². The standard InChI is InChI=1S/C21H22ClNO4/c1-13-4-5-14(2)18(10-13)20(25)12-27-21(26)11-19(23-15(3)24)16-6-8-17(22)9-7-16/h4-10,19H,11-12H2,1-3H3,(H,23,24). The third-order valence-electron chi connectivity index (χ3n) is 4.08. The molecular weight excluding hydrogens is 366 g/mol. The van der Waals surface area contributed by atoms with Gasteiger partial charge in [-0.05, 0) is 43.2 Å². The number of halogens is 1. The molecular formula is C21H22ClNO4. The molecule has 0 aliphatic carbocycles. The van der Waals surface area contributed by atoms with Crippen molar-refractivity contribution in [2.75, 3.05) is 6.61 Å². The van der Waals surface area contributed by atoms with Crippen molar-refractivity contribution in [3.8, 4) is 0 Å². The highest BCUT2D eigenvalue weighted by Crippen LogP contribution is 2.20. The van der Waals surface area contributed by atoms with Gasteiger partial charge in [-0.15, -0.1) is 0 Å². The predicted octanol–water partition coefficient (Wildman–Crippen LogP) is 3.95. The Bertz CT molecular complexity index is 846. The van der Waals surface area contributed by atoms with Crippen molar-refractivity contribution in [1.82, 2.24) is 5.32 Å². The van der Waals surface area contributed by atoms with Crippen LogP contribution in [0.15, 0.2) is 42.5 Å². The van der Waals surface area contributed by atoms with Gasteiger partial charge in [-0.25, -0.2) is 0 Å². The summed E-state index contributed by atoms with van der Waals surface area (Å²) >= 11 is 5.88. The number of benzene rings is 2. The summed E-state index contributed by atoms with van der Waals surface area (Å²) in [7, 11) is 0. The lowest BCUT2D eigenvalue weighted by atomic mass is 10.0. The second-order valence-corrected chi connectivity index (χ2v) is 6.85. The van der Waals surface area contributed by atoms with Crippen LogP contribution < -0.4 is 5.32 Å². The number of Topliss-reactive ketones (excluding diaryl/α,β-unsaturated/α-hetero) is 1. The van der Waals surface area contributed by atoms with E-state index in [1.54, 1.807) is 30.3 Å². The highest BCUT2D eigenvalue weighted by molar-refractivity contribution is 6.30. The summed E-state index contributed by atoms with van der Waals surface area (Å²) < 4.78 is 5.14. The first kappa shape index (κ1) is 20.6. The quantitative estimate of drug-likeness (QED) is 0.576. The van der Waals surface area contributed by atoms with Crippen LogP contribution in [0.1, 0.15) is 46.4 Å². The number of ether oxygens (including phenoxy) is 1. The molecule has 2 rings (SSSR count). The topological polar surface area (TPSA) is 72.5 Å². The van der Waals surface area contributed by atoms with Crippen molar-refractivity contribution in [3.05, 3.63) is 69.7 Å². The molecule has 2 aromatic rings. The van der Waals surface area contributed by atoms with E-state index in [2.05, 4.69) is 5.32 Å². The van der Waals surface area contributed by atoms with Crippen LogP contribution in [0, 0.1) is 13.8 Å². The molecule has 0 saturated heterocycles. The van der Waals surface area contributed by atoms with Gasteiger partial charge in [0.2, 0.25) is 11.7 Å². The lowest BCUT2D eigenvalue weighted by Crippen LogP contribution is -2.29. The number of ketones is 1. The molecule has 2 aromatic carbocycles. The minimum absolute atomic E-state index is 0.0821. The third kappa shape index (κ3) is 6.22. The van der Waals surface area contributed by atoms with Crippen LogP contribution in [-0.4, -0.2) is 24.3 Å². The van der Waals surface area contributed by atoms with Gasteiger partial charge in [-0.2, -0.15) is 0 Å². The zero-order valence-electron chi connectivity index (χ0n) is 15.5. The Morgan fingerprint density at radius 3 is 2.37 bits per heavy atom. The van der Waals surface area contributed by atoms with E-state index >= 15 is 0 Å². The summed E-state index contributed by atoms with van der Waals surface area (Å²) in [5.74, 6) is -1.09. The van der Waals surface area contributed by atoms with Crippen molar-refractivity contribution >= 4 is 29.3 Å². The first-order valence-corrected chi connectivity index (χ1v) is 8.92. The van der Waals surface area contributed by atoms with Gasteiger partial charge in [0.25, 0.3) is 0 Å². The Kier molecular flexibility index (Phi) is 7.13. The summed E-state index contributed by atoms with van der Waals surface area (Å²) in [6, 6.07) is 11.8. The number of amides is 1. The Morgan fingerprint density at radius 2 is 1.74 bits per heavy atom. The van der Waals surface area contributed by atoms with Gasteiger partial charge < -0.3 is 10.1 Å². The zero-order chi connectivity index (χ0) is 20.0. The summed E-state index contributed by atoms with van der Waals surface area (Å²) in [5.41, 5.74) is 3.06. The van der Waals surface area contributed by atoms with Crippen molar-refractivity contribution in [2.24, 2.45) is 0 Å². The van der Waals surface area contributed by atoms with E-state index in [4.69, 9.17) is 16.3 Å². The number of hydrogen-bond acceptors (Lipinski definition) is 4. The molecule has 5 nitrogen and oxygen atoms in total. The molecule has 1 amide bonds. The van der Waals surface area contributed by atoms with Gasteiger partial charge in [0.15, 0.2) is 6.61 Å². The highest BCUT2D eigenvalue weighted by Gasteiger charge is 2.19. The fraction of sp³-hybridized carbons (Fsp3) is 0.286. The molecule has 0 saturated carbocycles. The highest BCUT2D eigenvalue weighted by atomic mass is 35.5. The molecule has 0 aliphatic rings. The maximum absolute atomic E-state index is 12.3. The molecule has 1 atom stereocenters. The van der Waals surface area contributed by atoms with Crippen LogP contribution in [0.5, 0.6) is 0 Å². The first-order chi connectivity index (χ1) is 12.8. The minimum Gasteiger partial charge on any atom is -0.457 e. The summed E-state index contributed by atoms with van der Waals surface area (Å²) in [6.45, 7) is 4.77. The third-order valence-corrected chi connectivity index (χ3v) is 4.33. The molecule has 6 heteroatoms. The van der Waals surface area contributed by atoms with E-state index in [9.17, 15) is 14.4 Å². The van der Waals surface area contributed by atoms with E-state index in [0.717, 1.165) is 16.7 Å². The van der Waals surface area contributed by atoms with E-state index in [1.807, 2.05) is 26.0 Å². The maximum Gasteiger partial charge on any atom is 0.308 e. The first-order valence-electron chi connectivity index (χ1n) is 8.55. The second-order valence-electron chi connectivity index (χ2n) is 6.41. The number of carbonyl (C=O) groups is 3.